The van der Waals surface area contributed by atoms with E-state index in [2.05, 4.69) is 5.32 Å². The number of halogens is 1. The molecule has 184 valence electrons. The van der Waals surface area contributed by atoms with Crippen LogP contribution in [0, 0.1) is 6.92 Å². The van der Waals surface area contributed by atoms with Crippen LogP contribution in [-0.2, 0) is 14.2 Å². The zero-order chi connectivity index (χ0) is 25.0. The number of nitrogens with one attached hydrogen (secondary N) is 1. The Hall–Kier alpha value is -2.73. The van der Waals surface area contributed by atoms with Crippen LogP contribution in [0.1, 0.15) is 26.3 Å². The number of ether oxygens (including phenoxy) is 4. The van der Waals surface area contributed by atoms with Gasteiger partial charge in [0, 0.05) is 12.7 Å². The van der Waals surface area contributed by atoms with Gasteiger partial charge in [0.15, 0.2) is 12.4 Å². The van der Waals surface area contributed by atoms with E-state index in [9.17, 15) is 24.9 Å². The van der Waals surface area contributed by atoms with Crippen molar-refractivity contribution in [3.8, 4) is 5.75 Å². The van der Waals surface area contributed by atoms with Gasteiger partial charge in [-0.25, -0.2) is 4.79 Å². The van der Waals surface area contributed by atoms with Crippen molar-refractivity contribution < 1.29 is 43.9 Å². The largest absolute Gasteiger partial charge is 0.494 e. The van der Waals surface area contributed by atoms with E-state index in [4.69, 9.17) is 30.5 Å². The Balaban J connectivity index is 1.81. The fourth-order valence-corrected chi connectivity index (χ4v) is 3.69. The van der Waals surface area contributed by atoms with Gasteiger partial charge in [-0.3, -0.25) is 4.79 Å². The number of rotatable bonds is 7. The van der Waals surface area contributed by atoms with Crippen LogP contribution in [0.25, 0.3) is 0 Å². The van der Waals surface area contributed by atoms with E-state index in [1.165, 1.54) is 26.4 Å². The Bertz CT molecular complexity index is 1030. The van der Waals surface area contributed by atoms with Crippen LogP contribution in [0.3, 0.4) is 0 Å². The lowest BCUT2D eigenvalue weighted by atomic mass is 9.99. The summed E-state index contributed by atoms with van der Waals surface area (Å²) < 4.78 is 21.1. The number of aryl methyl sites for hydroxylation is 1. The Morgan fingerprint density at radius 2 is 1.76 bits per heavy atom. The third kappa shape index (κ3) is 5.49. The molecule has 2 aromatic rings. The van der Waals surface area contributed by atoms with E-state index in [1.807, 2.05) is 6.92 Å². The smallest absolute Gasteiger partial charge is 0.338 e. The normalized spacial score (nSPS) is 24.4. The van der Waals surface area contributed by atoms with Crippen molar-refractivity contribution in [3.05, 3.63) is 58.1 Å². The van der Waals surface area contributed by atoms with Gasteiger partial charge in [-0.05, 0) is 31.2 Å². The number of hydrogen-bond donors (Lipinski definition) is 4. The third-order valence-electron chi connectivity index (χ3n) is 5.36. The number of methoxy groups -OCH3 is 2. The summed E-state index contributed by atoms with van der Waals surface area (Å²) in [4.78, 5) is 25.4. The second-order valence-electron chi connectivity index (χ2n) is 7.67. The van der Waals surface area contributed by atoms with Gasteiger partial charge in [-0.2, -0.15) is 0 Å². The third-order valence-corrected chi connectivity index (χ3v) is 5.66. The fraction of sp³-hybridized carbons (Fsp3) is 0.391. The second kappa shape index (κ2) is 11.1. The summed E-state index contributed by atoms with van der Waals surface area (Å²) >= 11 is 6.33. The summed E-state index contributed by atoms with van der Waals surface area (Å²) in [5, 5.41) is 32.4. The molecule has 1 heterocycles. The molecule has 1 aliphatic rings. The predicted molar refractivity (Wildman–Crippen MR) is 121 cm³/mol. The molecule has 2 aromatic carbocycles. The first-order valence-electron chi connectivity index (χ1n) is 10.3. The van der Waals surface area contributed by atoms with Crippen LogP contribution >= 0.6 is 11.6 Å². The van der Waals surface area contributed by atoms with Gasteiger partial charge in [-0.15, -0.1) is 0 Å². The molecule has 0 aromatic heterocycles. The topological polar surface area (TPSA) is 144 Å². The lowest BCUT2D eigenvalue weighted by molar-refractivity contribution is -0.293. The van der Waals surface area contributed by atoms with Gasteiger partial charge >= 0.3 is 5.97 Å². The van der Waals surface area contributed by atoms with Crippen molar-refractivity contribution in [2.75, 3.05) is 26.1 Å². The molecule has 0 aliphatic carbocycles. The van der Waals surface area contributed by atoms with E-state index in [0.717, 1.165) is 5.56 Å². The summed E-state index contributed by atoms with van der Waals surface area (Å²) in [6.45, 7) is 1.33. The van der Waals surface area contributed by atoms with Gasteiger partial charge in [0.05, 0.1) is 24.3 Å². The molecule has 11 heteroatoms. The van der Waals surface area contributed by atoms with Crippen LogP contribution in [0.15, 0.2) is 36.4 Å². The van der Waals surface area contributed by atoms with Crippen LogP contribution < -0.4 is 10.1 Å². The molecule has 0 unspecified atom stereocenters. The molecule has 0 radical (unpaired) electrons. The summed E-state index contributed by atoms with van der Waals surface area (Å²) in [6, 6.07) is 9.49. The van der Waals surface area contributed by atoms with E-state index in [-0.39, 0.29) is 22.0 Å². The number of amides is 1. The molecule has 4 N–H and O–H groups in total. The summed E-state index contributed by atoms with van der Waals surface area (Å²) in [7, 11) is 2.60. The lowest BCUT2D eigenvalue weighted by Crippen LogP contribution is -2.60. The average Bonchev–Trinajstić information content (AvgIpc) is 2.83. The number of aliphatic hydroxyl groups is 3. The highest BCUT2D eigenvalue weighted by molar-refractivity contribution is 6.34. The summed E-state index contributed by atoms with van der Waals surface area (Å²) in [5.74, 6) is -1.24. The average molecular weight is 496 g/mol. The van der Waals surface area contributed by atoms with Crippen molar-refractivity contribution in [2.45, 2.75) is 37.6 Å². The second-order valence-corrected chi connectivity index (χ2v) is 8.07. The Morgan fingerprint density at radius 3 is 2.35 bits per heavy atom. The van der Waals surface area contributed by atoms with E-state index in [0.29, 0.717) is 5.56 Å². The zero-order valence-corrected chi connectivity index (χ0v) is 19.5. The van der Waals surface area contributed by atoms with E-state index < -0.39 is 49.2 Å². The molecular weight excluding hydrogens is 470 g/mol. The molecule has 3 rings (SSSR count). The van der Waals surface area contributed by atoms with Crippen molar-refractivity contribution in [1.82, 2.24) is 0 Å². The van der Waals surface area contributed by atoms with Crippen LogP contribution in [0.2, 0.25) is 5.02 Å². The Morgan fingerprint density at radius 1 is 1.09 bits per heavy atom. The van der Waals surface area contributed by atoms with Crippen LogP contribution in [0.4, 0.5) is 5.69 Å². The number of anilines is 1. The first kappa shape index (κ1) is 25.9. The molecule has 34 heavy (non-hydrogen) atoms. The van der Waals surface area contributed by atoms with Crippen molar-refractivity contribution in [2.24, 2.45) is 0 Å². The molecule has 1 fully saturated rings. The number of aliphatic hydroxyl groups excluding tert-OH is 3. The summed E-state index contributed by atoms with van der Waals surface area (Å²) in [6.07, 6.45) is -6.82. The maximum atomic E-state index is 12.8. The minimum absolute atomic E-state index is 0.0101. The maximum absolute atomic E-state index is 12.8. The lowest BCUT2D eigenvalue weighted by Gasteiger charge is -2.40. The monoisotopic (exact) mass is 495 g/mol. The molecule has 0 spiro atoms. The van der Waals surface area contributed by atoms with Gasteiger partial charge in [0.25, 0.3) is 5.91 Å². The van der Waals surface area contributed by atoms with Gasteiger partial charge < -0.3 is 39.6 Å². The fourth-order valence-electron chi connectivity index (χ4n) is 3.44. The molecule has 1 aliphatic heterocycles. The first-order valence-corrected chi connectivity index (χ1v) is 10.7. The van der Waals surface area contributed by atoms with Gasteiger partial charge in [0.1, 0.15) is 29.7 Å². The Kier molecular flexibility index (Phi) is 8.47. The minimum atomic E-state index is -1.58. The van der Waals surface area contributed by atoms with E-state index in [1.54, 1.807) is 24.3 Å². The zero-order valence-electron chi connectivity index (χ0n) is 18.7. The van der Waals surface area contributed by atoms with Crippen molar-refractivity contribution >= 4 is 29.2 Å². The van der Waals surface area contributed by atoms with E-state index >= 15 is 0 Å². The highest BCUT2D eigenvalue weighted by atomic mass is 35.5. The quantitative estimate of drug-likeness (QED) is 0.420. The number of esters is 1. The standard InChI is InChI=1S/C23H26ClNO9/c1-11-4-6-12(7-5-11)21(29)25-17-14(24)8-13(9-15(17)31-2)22(30)34-20-19(28)18(27)16(10-26)33-23(20)32-3/h4-9,16,18-20,23,26-28H,10H2,1-3H3,(H,25,29)/t16-,18-,19+,20-,23+/m1/s1. The summed E-state index contributed by atoms with van der Waals surface area (Å²) in [5.41, 5.74) is 1.52. The van der Waals surface area contributed by atoms with Gasteiger partial charge in [-0.1, -0.05) is 29.3 Å². The predicted octanol–water partition coefficient (Wildman–Crippen LogP) is 1.52. The molecule has 0 bridgehead atoms. The number of carbonyl (C=O) groups excluding carboxylic acids is 2. The van der Waals surface area contributed by atoms with Crippen molar-refractivity contribution in [1.29, 1.82) is 0 Å². The van der Waals surface area contributed by atoms with Gasteiger partial charge in [0.2, 0.25) is 0 Å². The SMILES string of the molecule is COc1cc(C(=O)O[C@H]2[C@@H](OC)O[C@H](CO)[C@@H](O)[C@@H]2O)cc(Cl)c1NC(=O)c1ccc(C)cc1. The van der Waals surface area contributed by atoms with Crippen LogP contribution in [-0.4, -0.2) is 78.7 Å². The molecule has 5 atom stereocenters. The first-order chi connectivity index (χ1) is 16.2. The highest BCUT2D eigenvalue weighted by Crippen LogP contribution is 2.35. The highest BCUT2D eigenvalue weighted by Gasteiger charge is 2.47. The van der Waals surface area contributed by atoms with Crippen molar-refractivity contribution in [3.63, 3.8) is 0 Å². The minimum Gasteiger partial charge on any atom is -0.494 e. The Labute approximate surface area is 201 Å². The molecule has 10 nitrogen and oxygen atoms in total. The molecule has 1 amide bonds. The maximum Gasteiger partial charge on any atom is 0.338 e. The number of benzene rings is 2. The number of hydrogen-bond acceptors (Lipinski definition) is 9. The van der Waals surface area contributed by atoms with Crippen LogP contribution in [0.5, 0.6) is 5.75 Å². The number of carbonyl (C=O) groups is 2. The molecule has 1 saturated heterocycles. The molecule has 0 saturated carbocycles. The molecular formula is C23H26ClNO9.